The van der Waals surface area contributed by atoms with Crippen LogP contribution in [0.1, 0.15) is 70.1 Å². The summed E-state index contributed by atoms with van der Waals surface area (Å²) in [5.41, 5.74) is 7.44. The van der Waals surface area contributed by atoms with Gasteiger partial charge in [-0.1, -0.05) is 52.0 Å². The molecule has 1 saturated heterocycles. The second-order valence-corrected chi connectivity index (χ2v) is 11.3. The van der Waals surface area contributed by atoms with Crippen molar-refractivity contribution in [2.24, 2.45) is 17.3 Å². The Hall–Kier alpha value is -2.27. The summed E-state index contributed by atoms with van der Waals surface area (Å²) in [6.45, 7) is 5.63. The van der Waals surface area contributed by atoms with Gasteiger partial charge >= 0.3 is 0 Å². The Bertz CT molecular complexity index is 1120. The number of hydrogen-bond donors (Lipinski definition) is 3. The van der Waals surface area contributed by atoms with Crippen molar-refractivity contribution in [1.29, 1.82) is 0 Å². The maximum absolute atomic E-state index is 11.2. The Balaban J connectivity index is 1.26. The van der Waals surface area contributed by atoms with Gasteiger partial charge in [0.25, 0.3) is 0 Å². The topological polar surface area (TPSA) is 67.9 Å². The lowest BCUT2D eigenvalue weighted by atomic mass is 9.76. The van der Waals surface area contributed by atoms with Crippen LogP contribution in [0.5, 0.6) is 0 Å². The van der Waals surface area contributed by atoms with Gasteiger partial charge in [-0.2, -0.15) is 5.10 Å². The maximum atomic E-state index is 11.2. The highest BCUT2D eigenvalue weighted by Gasteiger charge is 2.38. The number of nitrogens with one attached hydrogen (secondary N) is 2. The van der Waals surface area contributed by atoms with E-state index >= 15 is 0 Å². The molecule has 0 amide bonds. The molecule has 2 fully saturated rings. The Morgan fingerprint density at radius 2 is 1.94 bits per heavy atom. The van der Waals surface area contributed by atoms with E-state index in [9.17, 15) is 5.11 Å². The van der Waals surface area contributed by atoms with Crippen LogP contribution in [0.15, 0.2) is 24.3 Å². The predicted molar refractivity (Wildman–Crippen MR) is 130 cm³/mol. The molecule has 0 spiro atoms. The van der Waals surface area contributed by atoms with E-state index in [1.165, 1.54) is 55.2 Å². The van der Waals surface area contributed by atoms with Crippen LogP contribution in [0.2, 0.25) is 0 Å². The average Bonchev–Trinajstić information content (AvgIpc) is 3.48. The van der Waals surface area contributed by atoms with Crippen molar-refractivity contribution in [3.05, 3.63) is 35.5 Å². The number of hydrogen-bond acceptors (Lipinski definition) is 3. The molecular formula is C27H36N4O. The molecule has 5 heteroatoms. The number of aliphatic hydroxyl groups is 1. The lowest BCUT2D eigenvalue weighted by Crippen LogP contribution is -2.35. The highest BCUT2D eigenvalue weighted by Crippen LogP contribution is 2.41. The zero-order valence-electron chi connectivity index (χ0n) is 19.5. The number of aromatic nitrogens is 3. The second kappa shape index (κ2) is 7.65. The second-order valence-electron chi connectivity index (χ2n) is 11.3. The predicted octanol–water partition coefficient (Wildman–Crippen LogP) is 5.80. The Kier molecular flexibility index (Phi) is 4.87. The summed E-state index contributed by atoms with van der Waals surface area (Å²) in [5.74, 6) is 1.12. The summed E-state index contributed by atoms with van der Waals surface area (Å²) < 4.78 is 0. The molecule has 2 atom stereocenters. The van der Waals surface area contributed by atoms with Crippen molar-refractivity contribution in [3.8, 4) is 11.4 Å². The molecule has 2 unspecified atom stereocenters. The Morgan fingerprint density at radius 1 is 1.09 bits per heavy atom. The van der Waals surface area contributed by atoms with Gasteiger partial charge in [0.05, 0.1) is 5.69 Å². The lowest BCUT2D eigenvalue weighted by Gasteiger charge is -2.32. The van der Waals surface area contributed by atoms with E-state index in [-0.39, 0.29) is 6.23 Å². The monoisotopic (exact) mass is 432 g/mol. The van der Waals surface area contributed by atoms with Crippen molar-refractivity contribution < 1.29 is 5.11 Å². The van der Waals surface area contributed by atoms with E-state index in [4.69, 9.17) is 5.10 Å². The molecule has 0 radical (unpaired) electrons. The third-order valence-corrected chi connectivity index (χ3v) is 8.51. The minimum Gasteiger partial charge on any atom is -0.373 e. The molecule has 0 bridgehead atoms. The third kappa shape index (κ3) is 3.45. The smallest absolute Gasteiger partial charge is 0.130 e. The highest BCUT2D eigenvalue weighted by molar-refractivity contribution is 5.88. The zero-order valence-corrected chi connectivity index (χ0v) is 19.5. The maximum Gasteiger partial charge on any atom is 0.130 e. The normalized spacial score (nSPS) is 26.0. The SMILES string of the molecule is CC1(C)CCc2c(-c3cc4ccc(N5CCC(C6CCCCC6)C5O)cc4[nH]3)n[nH]c2C1. The van der Waals surface area contributed by atoms with Crippen LogP contribution < -0.4 is 4.90 Å². The first-order valence-corrected chi connectivity index (χ1v) is 12.6. The van der Waals surface area contributed by atoms with Gasteiger partial charge in [0.2, 0.25) is 0 Å². The van der Waals surface area contributed by atoms with Crippen LogP contribution in [0, 0.1) is 17.3 Å². The molecule has 32 heavy (non-hydrogen) atoms. The van der Waals surface area contributed by atoms with Gasteiger partial charge in [0, 0.05) is 40.3 Å². The van der Waals surface area contributed by atoms with Crippen LogP contribution in [0.3, 0.4) is 0 Å². The molecule has 2 aliphatic carbocycles. The minimum atomic E-state index is -0.355. The molecule has 3 heterocycles. The molecule has 1 aliphatic heterocycles. The largest absolute Gasteiger partial charge is 0.373 e. The summed E-state index contributed by atoms with van der Waals surface area (Å²) in [4.78, 5) is 5.85. The molecule has 1 saturated carbocycles. The van der Waals surface area contributed by atoms with Crippen LogP contribution in [0.25, 0.3) is 22.3 Å². The molecule has 3 N–H and O–H groups in total. The quantitative estimate of drug-likeness (QED) is 0.490. The molecule has 3 aromatic rings. The first-order valence-electron chi connectivity index (χ1n) is 12.6. The van der Waals surface area contributed by atoms with Crippen LogP contribution in [-0.4, -0.2) is 33.1 Å². The van der Waals surface area contributed by atoms with E-state index in [1.54, 1.807) is 0 Å². The van der Waals surface area contributed by atoms with Gasteiger partial charge in [0.1, 0.15) is 11.9 Å². The van der Waals surface area contributed by atoms with Gasteiger partial charge in [-0.25, -0.2) is 0 Å². The molecule has 1 aromatic carbocycles. The number of benzene rings is 1. The van der Waals surface area contributed by atoms with Gasteiger partial charge in [-0.15, -0.1) is 0 Å². The summed E-state index contributed by atoms with van der Waals surface area (Å²) >= 11 is 0. The van der Waals surface area contributed by atoms with Gasteiger partial charge in [-0.05, 0) is 55.2 Å². The summed E-state index contributed by atoms with van der Waals surface area (Å²) in [6.07, 6.45) is 10.7. The number of fused-ring (bicyclic) bond motifs is 2. The lowest BCUT2D eigenvalue weighted by molar-refractivity contribution is 0.0844. The minimum absolute atomic E-state index is 0.345. The van der Waals surface area contributed by atoms with Crippen molar-refractivity contribution in [1.82, 2.24) is 15.2 Å². The summed E-state index contributed by atoms with van der Waals surface area (Å²) in [7, 11) is 0. The number of rotatable bonds is 3. The van der Waals surface area contributed by atoms with Crippen LogP contribution in [0.4, 0.5) is 5.69 Å². The molecular weight excluding hydrogens is 396 g/mol. The van der Waals surface area contributed by atoms with Gasteiger partial charge in [-0.3, -0.25) is 5.10 Å². The van der Waals surface area contributed by atoms with Crippen LogP contribution >= 0.6 is 0 Å². The van der Waals surface area contributed by atoms with Crippen LogP contribution in [-0.2, 0) is 12.8 Å². The van der Waals surface area contributed by atoms with Crippen molar-refractivity contribution in [3.63, 3.8) is 0 Å². The third-order valence-electron chi connectivity index (χ3n) is 8.51. The first-order chi connectivity index (χ1) is 15.5. The fraction of sp³-hybridized carbons (Fsp3) is 0.593. The fourth-order valence-corrected chi connectivity index (χ4v) is 6.62. The molecule has 3 aliphatic rings. The van der Waals surface area contributed by atoms with Crippen molar-refractivity contribution in [2.45, 2.75) is 77.9 Å². The van der Waals surface area contributed by atoms with Crippen molar-refractivity contribution in [2.75, 3.05) is 11.4 Å². The standard InChI is InChI=1S/C27H36N4O/c1-27(2)12-10-21-24(16-27)29-30-25(21)23-14-18-8-9-19(15-22(18)28-23)31-13-11-20(26(31)32)17-6-4-3-5-7-17/h8-9,14-15,17,20,26,28,32H,3-7,10-13,16H2,1-2H3,(H,29,30). The number of aliphatic hydroxyl groups excluding tert-OH is 1. The molecule has 6 rings (SSSR count). The average molecular weight is 433 g/mol. The zero-order chi connectivity index (χ0) is 21.9. The molecule has 2 aromatic heterocycles. The van der Waals surface area contributed by atoms with Gasteiger partial charge < -0.3 is 15.0 Å². The van der Waals surface area contributed by atoms with E-state index in [2.05, 4.69) is 53.1 Å². The Labute approximate surface area is 190 Å². The fourth-order valence-electron chi connectivity index (χ4n) is 6.62. The Morgan fingerprint density at radius 3 is 2.78 bits per heavy atom. The molecule has 5 nitrogen and oxygen atoms in total. The molecule has 170 valence electrons. The number of H-pyrrole nitrogens is 2. The highest BCUT2D eigenvalue weighted by atomic mass is 16.3. The number of aromatic amines is 2. The van der Waals surface area contributed by atoms with E-state index in [1.807, 2.05) is 0 Å². The van der Waals surface area contributed by atoms with E-state index in [0.29, 0.717) is 17.3 Å². The first kappa shape index (κ1) is 20.3. The number of nitrogens with zero attached hydrogens (tertiary/aromatic N) is 2. The van der Waals surface area contributed by atoms with Crippen molar-refractivity contribution >= 4 is 16.6 Å². The van der Waals surface area contributed by atoms with E-state index in [0.717, 1.165) is 48.4 Å². The number of anilines is 1. The summed E-state index contributed by atoms with van der Waals surface area (Å²) in [5, 5.41) is 20.4. The summed E-state index contributed by atoms with van der Waals surface area (Å²) in [6, 6.07) is 8.80. The van der Waals surface area contributed by atoms with Gasteiger partial charge in [0.15, 0.2) is 0 Å². The van der Waals surface area contributed by atoms with E-state index < -0.39 is 0 Å².